The molecule has 4 aromatic rings. The second kappa shape index (κ2) is 7.70. The molecule has 1 amide bonds. The number of aromatic nitrogens is 1. The van der Waals surface area contributed by atoms with Gasteiger partial charge in [-0.2, -0.15) is 0 Å². The van der Waals surface area contributed by atoms with E-state index in [1.165, 1.54) is 0 Å². The summed E-state index contributed by atoms with van der Waals surface area (Å²) in [5.41, 5.74) is 3.22. The first kappa shape index (κ1) is 18.1. The number of pyridine rings is 1. The number of carbonyl (C=O) groups is 1. The third-order valence-electron chi connectivity index (χ3n) is 4.25. The summed E-state index contributed by atoms with van der Waals surface area (Å²) in [6.07, 6.45) is 1.59. The van der Waals surface area contributed by atoms with Gasteiger partial charge in [-0.15, -0.1) is 0 Å². The smallest absolute Gasteiger partial charge is 0.259 e. The number of phenols is 1. The Balaban J connectivity index is 0.00000210. The second-order valence-corrected chi connectivity index (χ2v) is 5.90. The van der Waals surface area contributed by atoms with E-state index in [1.54, 1.807) is 24.4 Å². The third kappa shape index (κ3) is 3.51. The molecule has 0 atom stereocenters. The summed E-state index contributed by atoms with van der Waals surface area (Å²) in [5, 5.41) is 14.1. The maximum absolute atomic E-state index is 12.8. The van der Waals surface area contributed by atoms with Crippen LogP contribution in [0.4, 0.5) is 5.69 Å². The summed E-state index contributed by atoms with van der Waals surface area (Å²) in [4.78, 5) is 16.9. The predicted octanol–water partition coefficient (Wildman–Crippen LogP) is 5.50. The fourth-order valence-electron chi connectivity index (χ4n) is 2.96. The number of phenolic OH excluding ortho intramolecular Hbond substituents is 1. The lowest BCUT2D eigenvalue weighted by molar-refractivity contribution is 0.102. The Labute approximate surface area is 158 Å². The number of amides is 1. The quantitative estimate of drug-likeness (QED) is 0.510. The van der Waals surface area contributed by atoms with Crippen molar-refractivity contribution in [3.63, 3.8) is 0 Å². The van der Waals surface area contributed by atoms with Crippen LogP contribution in [0.5, 0.6) is 5.75 Å². The molecule has 0 bridgehead atoms. The number of carbonyl (C=O) groups excluding carboxylic acids is 1. The van der Waals surface area contributed by atoms with Crippen molar-refractivity contribution in [3.8, 4) is 16.9 Å². The first-order valence-electron chi connectivity index (χ1n) is 8.26. The number of anilines is 1. The van der Waals surface area contributed by atoms with E-state index in [2.05, 4.69) is 10.3 Å². The highest BCUT2D eigenvalue weighted by Gasteiger charge is 2.16. The van der Waals surface area contributed by atoms with Crippen molar-refractivity contribution in [3.05, 3.63) is 90.6 Å². The van der Waals surface area contributed by atoms with E-state index < -0.39 is 0 Å². The van der Waals surface area contributed by atoms with Crippen LogP contribution in [0, 0.1) is 0 Å². The molecule has 0 spiro atoms. The minimum atomic E-state index is -0.376. The van der Waals surface area contributed by atoms with Crippen molar-refractivity contribution in [2.75, 3.05) is 5.32 Å². The summed E-state index contributed by atoms with van der Waals surface area (Å²) in [6.45, 7) is 0. The number of nitrogens with one attached hydrogen (secondary N) is 1. The summed E-state index contributed by atoms with van der Waals surface area (Å²) in [6, 6.07) is 24.4. The van der Waals surface area contributed by atoms with Gasteiger partial charge in [0.15, 0.2) is 5.75 Å². The van der Waals surface area contributed by atoms with Crippen LogP contribution in [0.3, 0.4) is 0 Å². The zero-order valence-corrected chi connectivity index (χ0v) is 13.9. The molecule has 134 valence electrons. The fourth-order valence-corrected chi connectivity index (χ4v) is 2.96. The van der Waals surface area contributed by atoms with Crippen LogP contribution in [-0.2, 0) is 0 Å². The van der Waals surface area contributed by atoms with E-state index in [0.29, 0.717) is 11.2 Å². The second-order valence-electron chi connectivity index (χ2n) is 5.90. The average Bonchev–Trinajstić information content (AvgIpc) is 2.69. The molecule has 0 aliphatic heterocycles. The Kier molecular flexibility index (Phi) is 5.18. The Bertz CT molecular complexity index is 1090. The zero-order chi connectivity index (χ0) is 17.9. The first-order valence-corrected chi connectivity index (χ1v) is 8.26. The number of benzene rings is 3. The number of para-hydroxylation sites is 1. The van der Waals surface area contributed by atoms with Gasteiger partial charge in [-0.25, -0.2) is 0 Å². The van der Waals surface area contributed by atoms with Crippen molar-refractivity contribution < 1.29 is 9.90 Å². The highest BCUT2D eigenvalue weighted by Crippen LogP contribution is 2.30. The molecular weight excluding hydrogens is 336 g/mol. The zero-order valence-electron chi connectivity index (χ0n) is 13.9. The lowest BCUT2D eigenvalue weighted by Gasteiger charge is -2.12. The molecule has 1 heterocycles. The monoisotopic (exact) mass is 356 g/mol. The summed E-state index contributed by atoms with van der Waals surface area (Å²) in [7, 11) is 0. The number of hydrogen-bond acceptors (Lipinski definition) is 3. The van der Waals surface area contributed by atoms with Gasteiger partial charge in [-0.05, 0) is 23.8 Å². The molecule has 27 heavy (non-hydrogen) atoms. The van der Waals surface area contributed by atoms with Crippen LogP contribution in [-0.4, -0.2) is 16.0 Å². The van der Waals surface area contributed by atoms with Crippen molar-refractivity contribution in [2.24, 2.45) is 0 Å². The molecule has 0 fully saturated rings. The number of nitrogens with zero attached hydrogens (tertiary/aromatic N) is 1. The standard InChI is InChI=1S/C22H16N2O2.CH4/c25-21-18(13-12-16-9-6-14-23-20(16)21)22(26)24-19-11-5-4-10-17(19)15-7-2-1-3-8-15;/h1-14,25H,(H,24,26);1H4. The van der Waals surface area contributed by atoms with Gasteiger partial charge < -0.3 is 10.4 Å². The molecule has 4 rings (SSSR count). The third-order valence-corrected chi connectivity index (χ3v) is 4.25. The van der Waals surface area contributed by atoms with Crippen molar-refractivity contribution in [1.29, 1.82) is 0 Å². The maximum atomic E-state index is 12.8. The predicted molar refractivity (Wildman–Crippen MR) is 110 cm³/mol. The van der Waals surface area contributed by atoms with E-state index in [9.17, 15) is 9.90 Å². The molecule has 1 aromatic heterocycles. The van der Waals surface area contributed by atoms with Crippen molar-refractivity contribution >= 4 is 22.5 Å². The summed E-state index contributed by atoms with van der Waals surface area (Å²) in [5.74, 6) is -0.490. The van der Waals surface area contributed by atoms with Gasteiger partial charge in [0, 0.05) is 22.8 Å². The highest BCUT2D eigenvalue weighted by molar-refractivity contribution is 6.10. The molecule has 0 radical (unpaired) electrons. The Hall–Kier alpha value is -3.66. The minimum Gasteiger partial charge on any atom is -0.505 e. The first-order chi connectivity index (χ1) is 12.7. The van der Waals surface area contributed by atoms with Crippen LogP contribution >= 0.6 is 0 Å². The van der Waals surface area contributed by atoms with E-state index in [0.717, 1.165) is 16.5 Å². The Morgan fingerprint density at radius 1 is 0.852 bits per heavy atom. The SMILES string of the molecule is C.O=C(Nc1ccccc1-c1ccccc1)c1ccc2cccnc2c1O. The number of rotatable bonds is 3. The van der Waals surface area contributed by atoms with Gasteiger partial charge in [-0.1, -0.05) is 68.1 Å². The minimum absolute atomic E-state index is 0. The van der Waals surface area contributed by atoms with E-state index >= 15 is 0 Å². The van der Waals surface area contributed by atoms with Crippen LogP contribution in [0.25, 0.3) is 22.0 Å². The number of hydrogen-bond donors (Lipinski definition) is 2. The van der Waals surface area contributed by atoms with Gasteiger partial charge in [0.05, 0.1) is 5.56 Å². The highest BCUT2D eigenvalue weighted by atomic mass is 16.3. The average molecular weight is 356 g/mol. The summed E-state index contributed by atoms with van der Waals surface area (Å²) >= 11 is 0. The van der Waals surface area contributed by atoms with E-state index in [4.69, 9.17) is 0 Å². The van der Waals surface area contributed by atoms with Gasteiger partial charge in [0.1, 0.15) is 5.52 Å². The molecule has 4 nitrogen and oxygen atoms in total. The summed E-state index contributed by atoms with van der Waals surface area (Å²) < 4.78 is 0. The molecular formula is C23H20N2O2. The molecule has 0 unspecified atom stereocenters. The maximum Gasteiger partial charge on any atom is 0.259 e. The molecule has 0 saturated heterocycles. The normalized spacial score (nSPS) is 10.2. The van der Waals surface area contributed by atoms with E-state index in [-0.39, 0.29) is 24.6 Å². The lowest BCUT2D eigenvalue weighted by Crippen LogP contribution is -2.13. The molecule has 3 aromatic carbocycles. The van der Waals surface area contributed by atoms with Crippen LogP contribution in [0.1, 0.15) is 17.8 Å². The van der Waals surface area contributed by atoms with Crippen LogP contribution < -0.4 is 5.32 Å². The van der Waals surface area contributed by atoms with Crippen LogP contribution in [0.2, 0.25) is 0 Å². The molecule has 0 aliphatic rings. The molecule has 0 saturated carbocycles. The largest absolute Gasteiger partial charge is 0.505 e. The van der Waals surface area contributed by atoms with Gasteiger partial charge >= 0.3 is 0 Å². The van der Waals surface area contributed by atoms with Gasteiger partial charge in [-0.3, -0.25) is 9.78 Å². The Morgan fingerprint density at radius 3 is 2.41 bits per heavy atom. The topological polar surface area (TPSA) is 62.2 Å². The lowest BCUT2D eigenvalue weighted by atomic mass is 10.0. The molecule has 2 N–H and O–H groups in total. The van der Waals surface area contributed by atoms with Crippen molar-refractivity contribution in [2.45, 2.75) is 7.43 Å². The van der Waals surface area contributed by atoms with Gasteiger partial charge in [0.2, 0.25) is 0 Å². The van der Waals surface area contributed by atoms with Crippen molar-refractivity contribution in [1.82, 2.24) is 4.98 Å². The molecule has 0 aliphatic carbocycles. The number of aromatic hydroxyl groups is 1. The van der Waals surface area contributed by atoms with Gasteiger partial charge in [0.25, 0.3) is 5.91 Å². The van der Waals surface area contributed by atoms with Crippen LogP contribution in [0.15, 0.2) is 85.1 Å². The van der Waals surface area contributed by atoms with E-state index in [1.807, 2.05) is 60.7 Å². The fraction of sp³-hybridized carbons (Fsp3) is 0.0435. The Morgan fingerprint density at radius 2 is 1.59 bits per heavy atom. The number of fused-ring (bicyclic) bond motifs is 1. The molecule has 4 heteroatoms.